The average molecular weight is 476 g/mol. The monoisotopic (exact) mass is 476 g/mol. The van der Waals surface area contributed by atoms with Crippen molar-refractivity contribution < 1.29 is 27.4 Å². The first-order chi connectivity index (χ1) is 15.7. The molecule has 0 saturated carbocycles. The summed E-state index contributed by atoms with van der Waals surface area (Å²) in [5.41, 5.74) is -0.515. The van der Waals surface area contributed by atoms with Gasteiger partial charge in [0, 0.05) is 5.69 Å². The summed E-state index contributed by atoms with van der Waals surface area (Å²) in [7, 11) is 1.41. The number of alkyl halides is 3. The number of fused-ring (bicyclic) bond motifs is 1. The van der Waals surface area contributed by atoms with E-state index in [-0.39, 0.29) is 17.0 Å². The molecule has 2 heterocycles. The summed E-state index contributed by atoms with van der Waals surface area (Å²) in [5, 5.41) is 6.23. The lowest BCUT2D eigenvalue weighted by Gasteiger charge is -2.12. The van der Waals surface area contributed by atoms with Gasteiger partial charge in [-0.2, -0.15) is 22.8 Å². The molecule has 0 aliphatic carbocycles. The van der Waals surface area contributed by atoms with Crippen molar-refractivity contribution in [3.8, 4) is 11.5 Å². The van der Waals surface area contributed by atoms with Gasteiger partial charge in [0.25, 0.3) is 11.5 Å². The van der Waals surface area contributed by atoms with Crippen LogP contribution in [0.1, 0.15) is 11.1 Å². The van der Waals surface area contributed by atoms with Crippen molar-refractivity contribution in [2.45, 2.75) is 6.18 Å². The maximum atomic E-state index is 12.8. The summed E-state index contributed by atoms with van der Waals surface area (Å²) in [5.74, 6) is -0.0844. The molecule has 0 unspecified atom stereocenters. The fourth-order valence-electron chi connectivity index (χ4n) is 2.94. The minimum atomic E-state index is -4.51. The van der Waals surface area contributed by atoms with Crippen LogP contribution in [0.5, 0.6) is 11.5 Å². The van der Waals surface area contributed by atoms with Crippen molar-refractivity contribution in [3.63, 3.8) is 0 Å². The highest BCUT2D eigenvalue weighted by Crippen LogP contribution is 2.31. The van der Waals surface area contributed by atoms with Gasteiger partial charge in [0.05, 0.1) is 17.2 Å². The number of anilines is 1. The van der Waals surface area contributed by atoms with Crippen molar-refractivity contribution in [2.24, 2.45) is 0 Å². The zero-order chi connectivity index (χ0) is 23.6. The van der Waals surface area contributed by atoms with E-state index in [0.717, 1.165) is 12.1 Å². The quantitative estimate of drug-likeness (QED) is 0.460. The maximum absolute atomic E-state index is 12.8. The minimum Gasteiger partial charge on any atom is -0.493 e. The van der Waals surface area contributed by atoms with Crippen LogP contribution in [-0.2, 0) is 11.0 Å². The van der Waals surface area contributed by atoms with E-state index >= 15 is 0 Å². The van der Waals surface area contributed by atoms with E-state index < -0.39 is 24.3 Å². The van der Waals surface area contributed by atoms with E-state index in [4.69, 9.17) is 9.47 Å². The topological polar surface area (TPSA) is 94.8 Å². The Hall–Kier alpha value is -3.93. The zero-order valence-electron chi connectivity index (χ0n) is 16.9. The molecule has 1 amide bonds. The van der Waals surface area contributed by atoms with Gasteiger partial charge in [-0.15, -0.1) is 0 Å². The highest BCUT2D eigenvalue weighted by atomic mass is 32.1. The van der Waals surface area contributed by atoms with E-state index in [0.29, 0.717) is 20.8 Å². The van der Waals surface area contributed by atoms with E-state index in [1.165, 1.54) is 41.4 Å². The Morgan fingerprint density at radius 2 is 2.03 bits per heavy atom. The lowest BCUT2D eigenvalue weighted by molar-refractivity contribution is -0.137. The molecule has 0 atom stereocenters. The molecular formula is C21H15F3N4O4S. The van der Waals surface area contributed by atoms with Crippen molar-refractivity contribution in [1.29, 1.82) is 0 Å². The first kappa shape index (κ1) is 22.3. The molecule has 8 nitrogen and oxygen atoms in total. The number of ether oxygens (including phenoxy) is 2. The predicted octanol–water partition coefficient (Wildman–Crippen LogP) is 2.74. The van der Waals surface area contributed by atoms with Crippen LogP contribution >= 0.6 is 11.3 Å². The molecule has 0 spiro atoms. The van der Waals surface area contributed by atoms with Crippen molar-refractivity contribution in [2.75, 3.05) is 19.0 Å². The fraction of sp³-hybridized carbons (Fsp3) is 0.143. The molecule has 4 rings (SSSR count). The Morgan fingerprint density at radius 3 is 2.76 bits per heavy atom. The molecule has 170 valence electrons. The molecule has 0 radical (unpaired) electrons. The molecule has 4 aromatic rings. The number of thiazole rings is 1. The van der Waals surface area contributed by atoms with Crippen molar-refractivity contribution in [3.05, 3.63) is 74.8 Å². The number of methoxy groups -OCH3 is 1. The summed E-state index contributed by atoms with van der Waals surface area (Å²) < 4.78 is 50.8. The van der Waals surface area contributed by atoms with Crippen LogP contribution in [0.2, 0.25) is 0 Å². The second kappa shape index (κ2) is 8.90. The number of hydrogen-bond acceptors (Lipinski definition) is 7. The number of halogens is 3. The molecule has 2 aromatic carbocycles. The standard InChI is InChI=1S/C21H15F3N4O4S/c1-31-16-7-12(8-17-19(30)28-20(33-17)25-11-26-28)5-6-15(16)32-10-18(29)27-14-4-2-3-13(9-14)21(22,23)24/h2-9,11H,10H2,1H3,(H,27,29)/b17-8-. The maximum Gasteiger partial charge on any atom is 0.416 e. The molecule has 1 N–H and O–H groups in total. The van der Waals surface area contributed by atoms with E-state index in [2.05, 4.69) is 15.4 Å². The van der Waals surface area contributed by atoms with Crippen LogP contribution in [0.4, 0.5) is 18.9 Å². The molecule has 0 fully saturated rings. The molecular weight excluding hydrogens is 461 g/mol. The Kier molecular flexibility index (Phi) is 6.01. The second-order valence-electron chi connectivity index (χ2n) is 6.70. The summed E-state index contributed by atoms with van der Waals surface area (Å²) in [4.78, 5) is 28.9. The molecule has 12 heteroatoms. The Balaban J connectivity index is 1.46. The van der Waals surface area contributed by atoms with Crippen molar-refractivity contribution in [1.82, 2.24) is 14.6 Å². The third-order valence-corrected chi connectivity index (χ3v) is 5.41. The lowest BCUT2D eigenvalue weighted by Crippen LogP contribution is -2.23. The predicted molar refractivity (Wildman–Crippen MR) is 114 cm³/mol. The van der Waals surface area contributed by atoms with Gasteiger partial charge in [-0.25, -0.2) is 4.98 Å². The van der Waals surface area contributed by atoms with Gasteiger partial charge in [-0.1, -0.05) is 23.5 Å². The number of benzene rings is 2. The highest BCUT2D eigenvalue weighted by molar-refractivity contribution is 7.15. The number of aromatic nitrogens is 3. The van der Waals surface area contributed by atoms with Crippen LogP contribution in [0.25, 0.3) is 11.0 Å². The first-order valence-electron chi connectivity index (χ1n) is 9.37. The normalized spacial score (nSPS) is 12.2. The van der Waals surface area contributed by atoms with Crippen LogP contribution in [0, 0.1) is 0 Å². The van der Waals surface area contributed by atoms with Gasteiger partial charge in [-0.05, 0) is 42.0 Å². The number of carbonyl (C=O) groups excluding carboxylic acids is 1. The average Bonchev–Trinajstić information content (AvgIpc) is 3.35. The van der Waals surface area contributed by atoms with Crippen LogP contribution < -0.4 is 24.9 Å². The molecule has 0 saturated heterocycles. The van der Waals surface area contributed by atoms with Crippen LogP contribution in [0.15, 0.2) is 53.6 Å². The summed E-state index contributed by atoms with van der Waals surface area (Å²) in [6, 6.07) is 9.14. The molecule has 0 aliphatic rings. The molecule has 0 aliphatic heterocycles. The van der Waals surface area contributed by atoms with E-state index in [9.17, 15) is 22.8 Å². The Labute approximate surface area is 187 Å². The number of amides is 1. The third-order valence-electron chi connectivity index (χ3n) is 4.44. The number of rotatable bonds is 6. The van der Waals surface area contributed by atoms with Gasteiger partial charge >= 0.3 is 6.18 Å². The molecule has 33 heavy (non-hydrogen) atoms. The van der Waals surface area contributed by atoms with Gasteiger partial charge in [0.2, 0.25) is 4.96 Å². The summed E-state index contributed by atoms with van der Waals surface area (Å²) in [6.07, 6.45) is -1.56. The number of hydrogen-bond donors (Lipinski definition) is 1. The summed E-state index contributed by atoms with van der Waals surface area (Å²) >= 11 is 1.19. The second-order valence-corrected chi connectivity index (χ2v) is 7.71. The number of nitrogens with one attached hydrogen (secondary N) is 1. The van der Waals surface area contributed by atoms with E-state index in [1.54, 1.807) is 24.3 Å². The van der Waals surface area contributed by atoms with E-state index in [1.807, 2.05) is 0 Å². The Bertz CT molecular complexity index is 1430. The number of carbonyl (C=O) groups is 1. The molecule has 0 bridgehead atoms. The first-order valence-corrected chi connectivity index (χ1v) is 10.2. The zero-order valence-corrected chi connectivity index (χ0v) is 17.7. The van der Waals surface area contributed by atoms with Gasteiger partial charge in [0.1, 0.15) is 6.33 Å². The third kappa shape index (κ3) is 4.95. The number of nitrogens with zero attached hydrogens (tertiary/aromatic N) is 3. The van der Waals surface area contributed by atoms with Gasteiger partial charge < -0.3 is 14.8 Å². The minimum absolute atomic E-state index is 0.000499. The van der Waals surface area contributed by atoms with Crippen molar-refractivity contribution >= 4 is 34.0 Å². The largest absolute Gasteiger partial charge is 0.493 e. The SMILES string of the molecule is COc1cc(/C=c2\sc3ncnn3c2=O)ccc1OCC(=O)Nc1cccc(C(F)(F)F)c1. The van der Waals surface area contributed by atoms with Gasteiger partial charge in [0.15, 0.2) is 18.1 Å². The Morgan fingerprint density at radius 1 is 1.21 bits per heavy atom. The fourth-order valence-corrected chi connectivity index (χ4v) is 3.82. The van der Waals surface area contributed by atoms with Gasteiger partial charge in [-0.3, -0.25) is 9.59 Å². The summed E-state index contributed by atoms with van der Waals surface area (Å²) in [6.45, 7) is -0.450. The van der Waals surface area contributed by atoms with Crippen LogP contribution in [0.3, 0.4) is 0 Å². The smallest absolute Gasteiger partial charge is 0.416 e. The van der Waals surface area contributed by atoms with Crippen LogP contribution in [-0.4, -0.2) is 34.2 Å². The lowest BCUT2D eigenvalue weighted by atomic mass is 10.2. The highest BCUT2D eigenvalue weighted by Gasteiger charge is 2.30. The molecule has 2 aromatic heterocycles.